The van der Waals surface area contributed by atoms with Crippen LogP contribution in [0.2, 0.25) is 5.02 Å². The summed E-state index contributed by atoms with van der Waals surface area (Å²) < 4.78 is 0. The number of hydrogen-bond donors (Lipinski definition) is 2. The molecule has 1 amide bonds. The summed E-state index contributed by atoms with van der Waals surface area (Å²) in [7, 11) is 0. The van der Waals surface area contributed by atoms with Crippen molar-refractivity contribution in [3.8, 4) is 0 Å². The molecule has 2 rings (SSSR count). The molecule has 2 unspecified atom stereocenters. The van der Waals surface area contributed by atoms with Crippen molar-refractivity contribution < 1.29 is 4.79 Å². The molecule has 1 saturated heterocycles. The van der Waals surface area contributed by atoms with E-state index in [0.717, 1.165) is 18.7 Å². The van der Waals surface area contributed by atoms with Crippen molar-refractivity contribution in [2.45, 2.75) is 19.4 Å². The highest BCUT2D eigenvalue weighted by Gasteiger charge is 2.29. The van der Waals surface area contributed by atoms with Gasteiger partial charge < -0.3 is 10.6 Å². The number of halogens is 1. The highest BCUT2D eigenvalue weighted by atomic mass is 35.5. The molecule has 0 radical (unpaired) electrons. The SMILES string of the molecule is CC1NCCC1C(=O)Nc1cccc(Cl)c1. The van der Waals surface area contributed by atoms with Gasteiger partial charge in [-0.2, -0.15) is 0 Å². The van der Waals surface area contributed by atoms with E-state index in [0.29, 0.717) is 5.02 Å². The molecule has 1 aromatic rings. The number of hydrogen-bond acceptors (Lipinski definition) is 2. The third kappa shape index (κ3) is 2.54. The maximum atomic E-state index is 11.9. The van der Waals surface area contributed by atoms with Crippen LogP contribution in [0.25, 0.3) is 0 Å². The van der Waals surface area contributed by atoms with Crippen LogP contribution in [0.1, 0.15) is 13.3 Å². The van der Waals surface area contributed by atoms with Gasteiger partial charge in [-0.3, -0.25) is 4.79 Å². The topological polar surface area (TPSA) is 41.1 Å². The highest BCUT2D eigenvalue weighted by molar-refractivity contribution is 6.30. The van der Waals surface area contributed by atoms with E-state index in [2.05, 4.69) is 10.6 Å². The van der Waals surface area contributed by atoms with Crippen LogP contribution >= 0.6 is 11.6 Å². The third-order valence-corrected chi connectivity index (χ3v) is 3.19. The Hall–Kier alpha value is -1.06. The third-order valence-electron chi connectivity index (χ3n) is 2.95. The van der Waals surface area contributed by atoms with Gasteiger partial charge in [-0.1, -0.05) is 17.7 Å². The monoisotopic (exact) mass is 238 g/mol. The largest absolute Gasteiger partial charge is 0.326 e. The molecule has 1 fully saturated rings. The Bertz CT molecular complexity index is 394. The number of nitrogens with one attached hydrogen (secondary N) is 2. The first-order chi connectivity index (χ1) is 7.66. The molecule has 1 aliphatic heterocycles. The average molecular weight is 239 g/mol. The van der Waals surface area contributed by atoms with E-state index < -0.39 is 0 Å². The van der Waals surface area contributed by atoms with Gasteiger partial charge in [0.1, 0.15) is 0 Å². The van der Waals surface area contributed by atoms with Crippen molar-refractivity contribution in [3.05, 3.63) is 29.3 Å². The van der Waals surface area contributed by atoms with Crippen LogP contribution < -0.4 is 10.6 Å². The van der Waals surface area contributed by atoms with Gasteiger partial charge in [0.05, 0.1) is 5.92 Å². The Kier molecular flexibility index (Phi) is 3.46. The zero-order valence-corrected chi connectivity index (χ0v) is 9.92. The minimum Gasteiger partial charge on any atom is -0.326 e. The van der Waals surface area contributed by atoms with E-state index in [1.807, 2.05) is 19.1 Å². The molecular formula is C12H15ClN2O. The molecule has 4 heteroatoms. The van der Waals surface area contributed by atoms with Gasteiger partial charge in [0.15, 0.2) is 0 Å². The van der Waals surface area contributed by atoms with Crippen LogP contribution in [-0.4, -0.2) is 18.5 Å². The number of anilines is 1. The summed E-state index contributed by atoms with van der Waals surface area (Å²) in [6.07, 6.45) is 0.896. The molecule has 2 atom stereocenters. The van der Waals surface area contributed by atoms with Crippen LogP contribution in [0.3, 0.4) is 0 Å². The fourth-order valence-corrected chi connectivity index (χ4v) is 2.21. The molecule has 3 nitrogen and oxygen atoms in total. The standard InChI is InChI=1S/C12H15ClN2O/c1-8-11(5-6-14-8)12(16)15-10-4-2-3-9(13)7-10/h2-4,7-8,11,14H,5-6H2,1H3,(H,15,16). The lowest BCUT2D eigenvalue weighted by atomic mass is 10.0. The summed E-state index contributed by atoms with van der Waals surface area (Å²) in [4.78, 5) is 11.9. The van der Waals surface area contributed by atoms with Gasteiger partial charge in [0.25, 0.3) is 0 Å². The molecule has 86 valence electrons. The minimum absolute atomic E-state index is 0.0546. The Morgan fingerprint density at radius 2 is 2.38 bits per heavy atom. The Morgan fingerprint density at radius 3 is 3.00 bits per heavy atom. The Balaban J connectivity index is 2.02. The lowest BCUT2D eigenvalue weighted by Crippen LogP contribution is -2.32. The van der Waals surface area contributed by atoms with E-state index in [1.165, 1.54) is 0 Å². The van der Waals surface area contributed by atoms with Gasteiger partial charge in [0, 0.05) is 16.8 Å². The van der Waals surface area contributed by atoms with Crippen molar-refractivity contribution >= 4 is 23.2 Å². The molecule has 0 bridgehead atoms. The van der Waals surface area contributed by atoms with Gasteiger partial charge in [-0.25, -0.2) is 0 Å². The smallest absolute Gasteiger partial charge is 0.229 e. The normalized spacial score (nSPS) is 24.4. The number of amides is 1. The highest BCUT2D eigenvalue weighted by Crippen LogP contribution is 2.19. The first-order valence-electron chi connectivity index (χ1n) is 5.46. The molecule has 0 aromatic heterocycles. The van der Waals surface area contributed by atoms with Crippen LogP contribution in [0.15, 0.2) is 24.3 Å². The number of carbonyl (C=O) groups excluding carboxylic acids is 1. The molecule has 1 aromatic carbocycles. The molecule has 1 aliphatic rings. The summed E-state index contributed by atoms with van der Waals surface area (Å²) in [5, 5.41) is 6.79. The van der Waals surface area contributed by atoms with Crippen molar-refractivity contribution in [2.75, 3.05) is 11.9 Å². The molecule has 0 saturated carbocycles. The fourth-order valence-electron chi connectivity index (χ4n) is 2.02. The van der Waals surface area contributed by atoms with Crippen molar-refractivity contribution in [3.63, 3.8) is 0 Å². The predicted molar refractivity (Wildman–Crippen MR) is 65.7 cm³/mol. The van der Waals surface area contributed by atoms with Gasteiger partial charge in [-0.15, -0.1) is 0 Å². The van der Waals surface area contributed by atoms with E-state index in [9.17, 15) is 4.79 Å². The maximum absolute atomic E-state index is 11.9. The average Bonchev–Trinajstić information content (AvgIpc) is 2.64. The number of benzene rings is 1. The Morgan fingerprint density at radius 1 is 1.56 bits per heavy atom. The first kappa shape index (κ1) is 11.4. The molecule has 0 spiro atoms. The van der Waals surface area contributed by atoms with Crippen molar-refractivity contribution in [2.24, 2.45) is 5.92 Å². The number of carbonyl (C=O) groups is 1. The van der Waals surface area contributed by atoms with Gasteiger partial charge in [0.2, 0.25) is 5.91 Å². The van der Waals surface area contributed by atoms with E-state index in [-0.39, 0.29) is 17.9 Å². The van der Waals surface area contributed by atoms with Crippen LogP contribution in [0.4, 0.5) is 5.69 Å². The fraction of sp³-hybridized carbons (Fsp3) is 0.417. The summed E-state index contributed by atoms with van der Waals surface area (Å²) in [5.41, 5.74) is 0.761. The lowest BCUT2D eigenvalue weighted by molar-refractivity contribution is -0.119. The molecular weight excluding hydrogens is 224 g/mol. The summed E-state index contributed by atoms with van der Waals surface area (Å²) in [6.45, 7) is 2.95. The zero-order valence-electron chi connectivity index (χ0n) is 9.16. The number of rotatable bonds is 2. The van der Waals surface area contributed by atoms with Gasteiger partial charge >= 0.3 is 0 Å². The second-order valence-electron chi connectivity index (χ2n) is 4.14. The second kappa shape index (κ2) is 4.85. The molecule has 0 aliphatic carbocycles. The molecule has 1 heterocycles. The summed E-state index contributed by atoms with van der Waals surface area (Å²) in [5.74, 6) is 0.124. The second-order valence-corrected chi connectivity index (χ2v) is 4.57. The summed E-state index contributed by atoms with van der Waals surface area (Å²) >= 11 is 5.85. The Labute approximate surface area is 100 Å². The van der Waals surface area contributed by atoms with Crippen LogP contribution in [-0.2, 0) is 4.79 Å². The van der Waals surface area contributed by atoms with E-state index in [1.54, 1.807) is 12.1 Å². The van der Waals surface area contributed by atoms with Gasteiger partial charge in [-0.05, 0) is 38.1 Å². The van der Waals surface area contributed by atoms with Crippen molar-refractivity contribution in [1.29, 1.82) is 0 Å². The molecule has 16 heavy (non-hydrogen) atoms. The molecule has 2 N–H and O–H groups in total. The quantitative estimate of drug-likeness (QED) is 0.830. The minimum atomic E-state index is 0.0546. The predicted octanol–water partition coefficient (Wildman–Crippen LogP) is 2.28. The van der Waals surface area contributed by atoms with Crippen LogP contribution in [0.5, 0.6) is 0 Å². The lowest BCUT2D eigenvalue weighted by Gasteiger charge is -2.14. The van der Waals surface area contributed by atoms with Crippen LogP contribution in [0, 0.1) is 5.92 Å². The van der Waals surface area contributed by atoms with E-state index >= 15 is 0 Å². The first-order valence-corrected chi connectivity index (χ1v) is 5.84. The zero-order chi connectivity index (χ0) is 11.5. The van der Waals surface area contributed by atoms with Crippen molar-refractivity contribution in [1.82, 2.24) is 5.32 Å². The van der Waals surface area contributed by atoms with E-state index in [4.69, 9.17) is 11.6 Å². The summed E-state index contributed by atoms with van der Waals surface area (Å²) in [6, 6.07) is 7.47. The maximum Gasteiger partial charge on any atom is 0.229 e.